The van der Waals surface area contributed by atoms with Crippen molar-refractivity contribution in [3.05, 3.63) is 78.6 Å². The largest absolute Gasteiger partial charge is 0.319 e. The molecule has 4 aromatic heterocycles. The van der Waals surface area contributed by atoms with Gasteiger partial charge in [-0.25, -0.2) is 9.67 Å². The molecule has 0 aliphatic rings. The molecule has 0 atom stereocenters. The van der Waals surface area contributed by atoms with Gasteiger partial charge >= 0.3 is 0 Å². The molecule has 30 heavy (non-hydrogen) atoms. The lowest BCUT2D eigenvalue weighted by atomic mass is 10.2. The summed E-state index contributed by atoms with van der Waals surface area (Å²) in [5.41, 5.74) is 2.90. The lowest BCUT2D eigenvalue weighted by molar-refractivity contribution is 0.102. The molecule has 0 aliphatic carbocycles. The summed E-state index contributed by atoms with van der Waals surface area (Å²) in [6.45, 7) is 1.79. The average molecular weight is 397 g/mol. The normalized spacial score (nSPS) is 11.0. The van der Waals surface area contributed by atoms with Crippen molar-refractivity contribution in [1.82, 2.24) is 40.0 Å². The Morgan fingerprint density at radius 3 is 2.60 bits per heavy atom. The van der Waals surface area contributed by atoms with Crippen molar-refractivity contribution in [1.29, 1.82) is 0 Å². The highest BCUT2D eigenvalue weighted by Crippen LogP contribution is 2.21. The molecule has 0 saturated heterocycles. The number of nitrogens with one attached hydrogen (secondary N) is 1. The number of fused-ring (bicyclic) bond motifs is 1. The molecule has 0 saturated carbocycles. The maximum atomic E-state index is 12.8. The number of anilines is 1. The fourth-order valence-electron chi connectivity index (χ4n) is 3.13. The molecular formula is C20H15N9O. The zero-order valence-corrected chi connectivity index (χ0v) is 15.8. The minimum atomic E-state index is -0.376. The van der Waals surface area contributed by atoms with Crippen LogP contribution in [-0.4, -0.2) is 45.9 Å². The number of carbonyl (C=O) groups is 1. The summed E-state index contributed by atoms with van der Waals surface area (Å²) >= 11 is 0. The Balaban J connectivity index is 1.41. The van der Waals surface area contributed by atoms with Crippen LogP contribution in [-0.2, 0) is 0 Å². The van der Waals surface area contributed by atoms with E-state index in [1.807, 2.05) is 30.3 Å². The highest BCUT2D eigenvalue weighted by atomic mass is 16.2. The number of nitrogens with zero attached hydrogens (tertiary/aromatic N) is 8. The molecule has 1 N–H and O–H groups in total. The molecular weight excluding hydrogens is 382 g/mol. The topological polar surface area (TPSA) is 116 Å². The standard InChI is InChI=1S/C20H15N9O/c1-13-18(20(30)25-15-7-8-17(22-12-15)29-23-10-11-24-29)26-27-28(13)16-6-2-4-14-5-3-9-21-19(14)16/h2-12H,1H3,(H,25,30). The van der Waals surface area contributed by atoms with Crippen molar-refractivity contribution in [3.63, 3.8) is 0 Å². The number of carbonyl (C=O) groups excluding carboxylic acids is 1. The lowest BCUT2D eigenvalue weighted by Crippen LogP contribution is -2.14. The van der Waals surface area contributed by atoms with Crippen molar-refractivity contribution in [2.45, 2.75) is 6.92 Å². The molecule has 0 radical (unpaired) electrons. The monoisotopic (exact) mass is 397 g/mol. The quantitative estimate of drug-likeness (QED) is 0.495. The van der Waals surface area contributed by atoms with E-state index in [2.05, 4.69) is 35.8 Å². The predicted molar refractivity (Wildman–Crippen MR) is 109 cm³/mol. The Kier molecular flexibility index (Phi) is 4.21. The van der Waals surface area contributed by atoms with Crippen molar-refractivity contribution in [2.75, 3.05) is 5.32 Å². The van der Waals surface area contributed by atoms with E-state index in [-0.39, 0.29) is 11.6 Å². The summed E-state index contributed by atoms with van der Waals surface area (Å²) < 4.78 is 1.62. The van der Waals surface area contributed by atoms with Crippen LogP contribution < -0.4 is 5.32 Å². The van der Waals surface area contributed by atoms with Crippen molar-refractivity contribution in [2.24, 2.45) is 0 Å². The summed E-state index contributed by atoms with van der Waals surface area (Å²) in [6, 6.07) is 13.1. The molecule has 10 heteroatoms. The van der Waals surface area contributed by atoms with E-state index in [1.54, 1.807) is 42.3 Å². The SMILES string of the molecule is Cc1c(C(=O)Nc2ccc(-n3nccn3)nc2)nnn1-c1cccc2cccnc12. The number of benzene rings is 1. The van der Waals surface area contributed by atoms with Crippen LogP contribution in [0.25, 0.3) is 22.4 Å². The first-order chi connectivity index (χ1) is 14.7. The third-order valence-corrected chi connectivity index (χ3v) is 4.58. The predicted octanol–water partition coefficient (Wildman–Crippen LogP) is 2.35. The molecule has 5 rings (SSSR count). The average Bonchev–Trinajstić information content (AvgIpc) is 3.44. The van der Waals surface area contributed by atoms with Gasteiger partial charge < -0.3 is 5.32 Å². The summed E-state index contributed by atoms with van der Waals surface area (Å²) in [5.74, 6) is 0.169. The van der Waals surface area contributed by atoms with Gasteiger partial charge in [-0.2, -0.15) is 10.2 Å². The molecule has 0 unspecified atom stereocenters. The molecule has 0 spiro atoms. The van der Waals surface area contributed by atoms with Crippen LogP contribution >= 0.6 is 0 Å². The molecule has 0 aliphatic heterocycles. The van der Waals surface area contributed by atoms with E-state index in [9.17, 15) is 4.79 Å². The molecule has 146 valence electrons. The van der Waals surface area contributed by atoms with Gasteiger partial charge in [-0.15, -0.1) is 9.90 Å². The third-order valence-electron chi connectivity index (χ3n) is 4.58. The third kappa shape index (κ3) is 3.05. The summed E-state index contributed by atoms with van der Waals surface area (Å²) in [7, 11) is 0. The van der Waals surface area contributed by atoms with Crippen molar-refractivity contribution >= 4 is 22.5 Å². The van der Waals surface area contributed by atoms with E-state index in [4.69, 9.17) is 0 Å². The molecule has 1 aromatic carbocycles. The minimum Gasteiger partial charge on any atom is -0.319 e. The Labute approximate surface area is 170 Å². The summed E-state index contributed by atoms with van der Waals surface area (Å²) in [4.78, 5) is 22.8. The van der Waals surface area contributed by atoms with E-state index in [0.29, 0.717) is 17.2 Å². The lowest BCUT2D eigenvalue weighted by Gasteiger charge is -2.07. The second kappa shape index (κ2) is 7.17. The van der Waals surface area contributed by atoms with Crippen LogP contribution in [0.5, 0.6) is 0 Å². The highest BCUT2D eigenvalue weighted by Gasteiger charge is 2.19. The number of rotatable bonds is 4. The fourth-order valence-corrected chi connectivity index (χ4v) is 3.13. The molecule has 10 nitrogen and oxygen atoms in total. The van der Waals surface area contributed by atoms with Crippen LogP contribution in [0.3, 0.4) is 0 Å². The number of hydrogen-bond acceptors (Lipinski definition) is 7. The zero-order chi connectivity index (χ0) is 20.5. The van der Waals surface area contributed by atoms with Gasteiger partial charge in [0.25, 0.3) is 5.91 Å². The number of pyridine rings is 2. The van der Waals surface area contributed by atoms with Gasteiger partial charge in [-0.1, -0.05) is 23.4 Å². The van der Waals surface area contributed by atoms with Crippen molar-refractivity contribution < 1.29 is 4.79 Å². The molecule has 5 aromatic rings. The Hall–Kier alpha value is -4.47. The Morgan fingerprint density at radius 2 is 1.80 bits per heavy atom. The van der Waals surface area contributed by atoms with Crippen LogP contribution in [0.4, 0.5) is 5.69 Å². The fraction of sp³-hybridized carbons (Fsp3) is 0.0500. The van der Waals surface area contributed by atoms with Gasteiger partial charge in [0.15, 0.2) is 11.5 Å². The first kappa shape index (κ1) is 17.6. The second-order valence-corrected chi connectivity index (χ2v) is 6.47. The first-order valence-corrected chi connectivity index (χ1v) is 9.11. The van der Waals surface area contributed by atoms with E-state index >= 15 is 0 Å². The van der Waals surface area contributed by atoms with Crippen LogP contribution in [0, 0.1) is 6.92 Å². The number of aromatic nitrogens is 8. The molecule has 1 amide bonds. The second-order valence-electron chi connectivity index (χ2n) is 6.47. The van der Waals surface area contributed by atoms with Gasteiger partial charge in [-0.3, -0.25) is 9.78 Å². The Bertz CT molecular complexity index is 1340. The minimum absolute atomic E-state index is 0.223. The van der Waals surface area contributed by atoms with Crippen LogP contribution in [0.2, 0.25) is 0 Å². The molecule has 0 bridgehead atoms. The van der Waals surface area contributed by atoms with Crippen LogP contribution in [0.1, 0.15) is 16.2 Å². The maximum absolute atomic E-state index is 12.8. The number of para-hydroxylation sites is 1. The smallest absolute Gasteiger partial charge is 0.278 e. The van der Waals surface area contributed by atoms with Gasteiger partial charge in [0.1, 0.15) is 0 Å². The van der Waals surface area contributed by atoms with E-state index < -0.39 is 0 Å². The molecule has 0 fully saturated rings. The van der Waals surface area contributed by atoms with Gasteiger partial charge in [0.2, 0.25) is 0 Å². The summed E-state index contributed by atoms with van der Waals surface area (Å²) in [6.07, 6.45) is 6.38. The zero-order valence-electron chi connectivity index (χ0n) is 15.8. The van der Waals surface area contributed by atoms with Crippen molar-refractivity contribution in [3.8, 4) is 11.5 Å². The maximum Gasteiger partial charge on any atom is 0.278 e. The summed E-state index contributed by atoms with van der Waals surface area (Å²) in [5, 5.41) is 20.1. The number of hydrogen-bond donors (Lipinski definition) is 1. The molecule has 4 heterocycles. The van der Waals surface area contributed by atoms with Gasteiger partial charge in [-0.05, 0) is 31.2 Å². The highest BCUT2D eigenvalue weighted by molar-refractivity contribution is 6.03. The van der Waals surface area contributed by atoms with E-state index in [0.717, 1.165) is 16.6 Å². The first-order valence-electron chi connectivity index (χ1n) is 9.11. The Morgan fingerprint density at radius 1 is 0.967 bits per heavy atom. The van der Waals surface area contributed by atoms with E-state index in [1.165, 1.54) is 11.0 Å². The van der Waals surface area contributed by atoms with Gasteiger partial charge in [0, 0.05) is 11.6 Å². The van der Waals surface area contributed by atoms with Crippen LogP contribution in [0.15, 0.2) is 67.3 Å². The van der Waals surface area contributed by atoms with Gasteiger partial charge in [0.05, 0.1) is 41.2 Å². The number of amides is 1.